The Kier molecular flexibility index (Phi) is 28.9. The van der Waals surface area contributed by atoms with Crippen LogP contribution in [0, 0.1) is 13.8 Å². The van der Waals surface area contributed by atoms with Crippen LogP contribution in [0.15, 0.2) is 45.1 Å². The van der Waals surface area contributed by atoms with Crippen molar-refractivity contribution in [1.29, 1.82) is 0 Å². The first-order valence-corrected chi connectivity index (χ1v) is 27.3. The highest BCUT2D eigenvalue weighted by molar-refractivity contribution is 8.06. The minimum absolute atomic E-state index is 1.11. The maximum Gasteiger partial charge on any atom is 0.269 e. The van der Waals surface area contributed by atoms with Crippen molar-refractivity contribution in [2.24, 2.45) is 0 Å². The van der Waals surface area contributed by atoms with E-state index < -0.39 is 0 Å². The monoisotopic (exact) mass is 852 g/mol. The molecule has 3 nitrogen and oxygen atoms in total. The largest absolute Gasteiger partial charge is 0.339 e. The fraction of sp³-hybridized carbons (Fsp3) is 0.731. The third kappa shape index (κ3) is 20.8. The second kappa shape index (κ2) is 33.1. The molecule has 3 heterocycles. The van der Waals surface area contributed by atoms with Crippen LogP contribution in [0.25, 0.3) is 11.6 Å². The fourth-order valence-electron chi connectivity index (χ4n) is 8.27. The van der Waals surface area contributed by atoms with Crippen LogP contribution in [0.1, 0.15) is 235 Å². The van der Waals surface area contributed by atoms with Crippen LogP contribution in [0.3, 0.4) is 0 Å². The first-order valence-electron chi connectivity index (χ1n) is 24.7. The van der Waals surface area contributed by atoms with Crippen molar-refractivity contribution >= 4 is 46.1 Å². The van der Waals surface area contributed by atoms with Crippen molar-refractivity contribution in [3.63, 3.8) is 0 Å². The molecule has 0 fully saturated rings. The number of aromatic nitrogens is 2. The van der Waals surface area contributed by atoms with Gasteiger partial charge in [-0.1, -0.05) is 209 Å². The van der Waals surface area contributed by atoms with E-state index in [1.54, 1.807) is 0 Å². The molecule has 0 aromatic carbocycles. The SMILES string of the molecule is CCCCCCCCCCCCN1C(C)=CS\C1=C/C=C(/C=C/c1scc(C)[n+]1CCCCCCCCCCCC)c1scc(C)[n+]1CCCCCCCCCCC. The molecule has 328 valence electrons. The summed E-state index contributed by atoms with van der Waals surface area (Å²) in [4.78, 5) is 2.58. The van der Waals surface area contributed by atoms with Crippen LogP contribution in [0.2, 0.25) is 0 Å². The van der Waals surface area contributed by atoms with Gasteiger partial charge in [-0.05, 0) is 49.8 Å². The predicted molar refractivity (Wildman–Crippen MR) is 263 cm³/mol. The summed E-state index contributed by atoms with van der Waals surface area (Å²) in [6, 6.07) is 0. The van der Waals surface area contributed by atoms with Gasteiger partial charge in [0.25, 0.3) is 10.0 Å². The minimum Gasteiger partial charge on any atom is -0.339 e. The Morgan fingerprint density at radius 2 is 0.966 bits per heavy atom. The zero-order valence-corrected chi connectivity index (χ0v) is 41.2. The van der Waals surface area contributed by atoms with E-state index in [0.717, 1.165) is 19.6 Å². The molecule has 2 aromatic rings. The van der Waals surface area contributed by atoms with Crippen LogP contribution >= 0.6 is 34.4 Å². The van der Waals surface area contributed by atoms with Gasteiger partial charge in [-0.15, -0.1) is 0 Å². The summed E-state index contributed by atoms with van der Waals surface area (Å²) in [5, 5.41) is 11.2. The van der Waals surface area contributed by atoms with Gasteiger partial charge in [0, 0.05) is 45.0 Å². The number of thioether (sulfide) groups is 1. The Labute approximate surface area is 372 Å². The molecule has 0 N–H and O–H groups in total. The van der Waals surface area contributed by atoms with Crippen LogP contribution in [-0.4, -0.2) is 11.4 Å². The lowest BCUT2D eigenvalue weighted by molar-refractivity contribution is -0.700. The fourth-order valence-corrected chi connectivity index (χ4v) is 11.2. The van der Waals surface area contributed by atoms with Crippen LogP contribution < -0.4 is 9.13 Å². The lowest BCUT2D eigenvalue weighted by Gasteiger charge is -2.21. The van der Waals surface area contributed by atoms with Crippen molar-refractivity contribution in [3.05, 3.63) is 66.5 Å². The van der Waals surface area contributed by atoms with Gasteiger partial charge in [0.1, 0.15) is 13.1 Å². The second-order valence-corrected chi connectivity index (χ2v) is 20.0. The maximum absolute atomic E-state index is 2.62. The van der Waals surface area contributed by atoms with Crippen molar-refractivity contribution in [1.82, 2.24) is 4.90 Å². The molecular weight excluding hydrogens is 763 g/mol. The Morgan fingerprint density at radius 1 is 0.534 bits per heavy atom. The molecule has 0 aliphatic carbocycles. The average Bonchev–Trinajstić information content (AvgIpc) is 3.90. The number of unbranched alkanes of at least 4 members (excludes halogenated alkanes) is 26. The van der Waals surface area contributed by atoms with Crippen molar-refractivity contribution < 1.29 is 9.13 Å². The third-order valence-electron chi connectivity index (χ3n) is 12.1. The molecular formula is C52H89N3S3+2. The van der Waals surface area contributed by atoms with Gasteiger partial charge in [-0.25, -0.2) is 0 Å². The summed E-state index contributed by atoms with van der Waals surface area (Å²) >= 11 is 5.74. The number of aryl methyl sites for hydroxylation is 2. The molecule has 6 heteroatoms. The van der Waals surface area contributed by atoms with Gasteiger partial charge >= 0.3 is 0 Å². The summed E-state index contributed by atoms with van der Waals surface area (Å²) in [7, 11) is 0. The third-order valence-corrected chi connectivity index (χ3v) is 15.4. The second-order valence-electron chi connectivity index (χ2n) is 17.4. The smallest absolute Gasteiger partial charge is 0.269 e. The number of thiazole rings is 2. The molecule has 3 rings (SSSR count). The molecule has 0 saturated carbocycles. The zero-order valence-electron chi connectivity index (χ0n) is 38.7. The van der Waals surface area contributed by atoms with Gasteiger partial charge in [-0.2, -0.15) is 9.13 Å². The summed E-state index contributed by atoms with van der Waals surface area (Å²) < 4.78 is 5.19. The summed E-state index contributed by atoms with van der Waals surface area (Å²) in [6.07, 6.45) is 49.7. The number of rotatable bonds is 36. The van der Waals surface area contributed by atoms with E-state index in [1.807, 2.05) is 34.4 Å². The van der Waals surface area contributed by atoms with E-state index >= 15 is 0 Å². The number of allylic oxidation sites excluding steroid dienone is 5. The van der Waals surface area contributed by atoms with Gasteiger partial charge < -0.3 is 4.90 Å². The van der Waals surface area contributed by atoms with E-state index in [1.165, 1.54) is 224 Å². The Hall–Kier alpha value is -1.63. The number of nitrogens with zero attached hydrogens (tertiary/aromatic N) is 3. The first-order chi connectivity index (χ1) is 28.5. The van der Waals surface area contributed by atoms with Gasteiger partial charge in [-0.3, -0.25) is 0 Å². The minimum atomic E-state index is 1.11. The van der Waals surface area contributed by atoms with E-state index in [2.05, 4.69) is 96.0 Å². The zero-order chi connectivity index (χ0) is 41.5. The van der Waals surface area contributed by atoms with Gasteiger partial charge in [0.05, 0.1) is 21.4 Å². The normalized spacial score (nSPS) is 14.2. The first kappa shape index (κ1) is 50.7. The number of hydrogen-bond donors (Lipinski definition) is 0. The predicted octanol–water partition coefficient (Wildman–Crippen LogP) is 17.2. The molecule has 0 spiro atoms. The topological polar surface area (TPSA) is 11.0 Å². The van der Waals surface area contributed by atoms with Gasteiger partial charge in [0.2, 0.25) is 0 Å². The van der Waals surface area contributed by atoms with Crippen LogP contribution in [0.4, 0.5) is 0 Å². The van der Waals surface area contributed by atoms with Crippen LogP contribution in [-0.2, 0) is 13.1 Å². The molecule has 0 unspecified atom stereocenters. The van der Waals surface area contributed by atoms with Crippen LogP contribution in [0.5, 0.6) is 0 Å². The summed E-state index contributed by atoms with van der Waals surface area (Å²) in [6.45, 7) is 17.2. The molecule has 0 saturated heterocycles. The van der Waals surface area contributed by atoms with E-state index in [0.29, 0.717) is 0 Å². The summed E-state index contributed by atoms with van der Waals surface area (Å²) in [5.41, 5.74) is 5.52. The highest BCUT2D eigenvalue weighted by Gasteiger charge is 2.22. The highest BCUT2D eigenvalue weighted by Crippen LogP contribution is 2.35. The molecule has 0 amide bonds. The Bertz CT molecular complexity index is 1460. The Morgan fingerprint density at radius 3 is 1.48 bits per heavy atom. The Balaban J connectivity index is 1.68. The molecule has 58 heavy (non-hydrogen) atoms. The molecule has 2 aromatic heterocycles. The van der Waals surface area contributed by atoms with E-state index in [4.69, 9.17) is 0 Å². The molecule has 1 aliphatic heterocycles. The van der Waals surface area contributed by atoms with Crippen molar-refractivity contribution in [3.8, 4) is 0 Å². The highest BCUT2D eigenvalue weighted by atomic mass is 32.2. The molecule has 1 aliphatic rings. The lowest BCUT2D eigenvalue weighted by atomic mass is 10.1. The molecule has 0 radical (unpaired) electrons. The molecule has 0 atom stereocenters. The number of hydrogen-bond acceptors (Lipinski definition) is 4. The van der Waals surface area contributed by atoms with Crippen molar-refractivity contribution in [2.45, 2.75) is 241 Å². The van der Waals surface area contributed by atoms with Crippen molar-refractivity contribution in [2.75, 3.05) is 6.54 Å². The lowest BCUT2D eigenvalue weighted by Crippen LogP contribution is -2.38. The van der Waals surface area contributed by atoms with E-state index in [9.17, 15) is 0 Å². The quantitative estimate of drug-likeness (QED) is 0.0384. The molecule has 0 bridgehead atoms. The standard InChI is InChI=1S/C52H89N3S3/c1-7-10-13-16-19-22-25-27-30-33-40-53-46(4)43-56-50(53)38-36-49(52-55(48(6)45-58-52)42-35-32-29-24-21-18-15-12-9-3)37-39-51-54(47(5)44-57-51)41-34-31-28-26-23-20-17-14-11-8-2/h36-39,43-45H,7-35,40-42H2,1-6H3/q+2. The average molecular weight is 853 g/mol. The van der Waals surface area contributed by atoms with E-state index in [-0.39, 0.29) is 0 Å². The summed E-state index contributed by atoms with van der Waals surface area (Å²) in [5.74, 6) is 0. The van der Waals surface area contributed by atoms with Gasteiger partial charge in [0.15, 0.2) is 11.4 Å². The maximum atomic E-state index is 2.62.